The van der Waals surface area contributed by atoms with Gasteiger partial charge in [0.1, 0.15) is 0 Å². The van der Waals surface area contributed by atoms with Crippen LogP contribution in [0.25, 0.3) is 11.1 Å². The highest BCUT2D eigenvalue weighted by atomic mass is 15.2. The van der Waals surface area contributed by atoms with Gasteiger partial charge in [0, 0.05) is 29.2 Å². The van der Waals surface area contributed by atoms with Crippen LogP contribution in [0.3, 0.4) is 0 Å². The smallest absolute Gasteiger partial charge is 0.0549 e. The molecule has 3 heteroatoms. The fraction of sp³-hybridized carbons (Fsp3) is 0.455. The highest BCUT2D eigenvalue weighted by Crippen LogP contribution is 2.47. The van der Waals surface area contributed by atoms with E-state index in [1.165, 1.54) is 60.9 Å². The second-order valence-corrected chi connectivity index (χ2v) is 7.13. The van der Waals surface area contributed by atoms with Crippen LogP contribution in [0.15, 0.2) is 36.4 Å². The molecule has 2 aromatic rings. The molecule has 0 amide bonds. The number of unbranched alkanes of at least 4 members (excludes halogenated alkanes) is 4. The number of rotatable bonds is 7. The number of anilines is 3. The standard InChI is InChI=1S/C22H31N3/c1-3-5-6-7-8-9-21-20-14-16(23)10-12-18(20)19-13-11-17(24)15-22(19)25(21)4-2/h10-15,21H,3-9,23-24H2,1-2H3. The average molecular weight is 338 g/mol. The molecule has 1 aliphatic rings. The summed E-state index contributed by atoms with van der Waals surface area (Å²) in [6, 6.07) is 13.0. The second kappa shape index (κ2) is 7.81. The fourth-order valence-electron chi connectivity index (χ4n) is 4.10. The summed E-state index contributed by atoms with van der Waals surface area (Å²) in [6.07, 6.45) is 7.70. The monoisotopic (exact) mass is 337 g/mol. The van der Waals surface area contributed by atoms with E-state index in [-0.39, 0.29) is 0 Å². The van der Waals surface area contributed by atoms with E-state index in [0.717, 1.165) is 17.9 Å². The molecule has 0 aliphatic carbocycles. The number of hydrogen-bond acceptors (Lipinski definition) is 3. The Bertz CT molecular complexity index is 723. The Morgan fingerprint density at radius 2 is 1.52 bits per heavy atom. The van der Waals surface area contributed by atoms with Crippen molar-refractivity contribution in [2.45, 2.75) is 58.4 Å². The molecule has 3 nitrogen and oxygen atoms in total. The number of nitrogens with two attached hydrogens (primary N) is 2. The zero-order chi connectivity index (χ0) is 17.8. The van der Waals surface area contributed by atoms with Crippen molar-refractivity contribution in [3.63, 3.8) is 0 Å². The van der Waals surface area contributed by atoms with E-state index in [9.17, 15) is 0 Å². The fourth-order valence-corrected chi connectivity index (χ4v) is 4.10. The third kappa shape index (κ3) is 3.60. The summed E-state index contributed by atoms with van der Waals surface area (Å²) in [4.78, 5) is 2.51. The van der Waals surface area contributed by atoms with Gasteiger partial charge in [-0.2, -0.15) is 0 Å². The van der Waals surface area contributed by atoms with E-state index in [1.54, 1.807) is 0 Å². The van der Waals surface area contributed by atoms with Crippen LogP contribution in [0.4, 0.5) is 17.1 Å². The van der Waals surface area contributed by atoms with Gasteiger partial charge in [0.05, 0.1) is 6.04 Å². The van der Waals surface area contributed by atoms with Crippen LogP contribution in [0.5, 0.6) is 0 Å². The minimum atomic E-state index is 0.388. The van der Waals surface area contributed by atoms with Crippen molar-refractivity contribution in [3.05, 3.63) is 42.0 Å². The maximum atomic E-state index is 6.13. The molecule has 0 radical (unpaired) electrons. The summed E-state index contributed by atoms with van der Waals surface area (Å²) in [7, 11) is 0. The molecule has 0 aromatic heterocycles. The van der Waals surface area contributed by atoms with Crippen LogP contribution in [-0.4, -0.2) is 6.54 Å². The summed E-state index contributed by atoms with van der Waals surface area (Å²) in [5.74, 6) is 0. The number of benzene rings is 2. The van der Waals surface area contributed by atoms with Gasteiger partial charge in [0.25, 0.3) is 0 Å². The van der Waals surface area contributed by atoms with Gasteiger partial charge in [-0.15, -0.1) is 0 Å². The Balaban J connectivity index is 1.95. The summed E-state index contributed by atoms with van der Waals surface area (Å²) >= 11 is 0. The topological polar surface area (TPSA) is 55.3 Å². The maximum Gasteiger partial charge on any atom is 0.0549 e. The SMILES string of the molecule is CCCCCCCC1c2cc(N)ccc2-c2ccc(N)cc2N1CC. The summed E-state index contributed by atoms with van der Waals surface area (Å²) in [6.45, 7) is 5.47. The Labute approximate surface area is 152 Å². The van der Waals surface area contributed by atoms with Crippen LogP contribution >= 0.6 is 0 Å². The summed E-state index contributed by atoms with van der Waals surface area (Å²) in [5.41, 5.74) is 19.1. The summed E-state index contributed by atoms with van der Waals surface area (Å²) in [5, 5.41) is 0. The Kier molecular flexibility index (Phi) is 5.52. The third-order valence-electron chi connectivity index (χ3n) is 5.35. The molecule has 0 spiro atoms. The molecule has 0 bridgehead atoms. The van der Waals surface area contributed by atoms with E-state index in [1.807, 2.05) is 12.1 Å². The highest BCUT2D eigenvalue weighted by Gasteiger charge is 2.30. The number of hydrogen-bond donors (Lipinski definition) is 2. The Hall–Kier alpha value is -2.16. The molecule has 1 atom stereocenters. The molecule has 3 rings (SSSR count). The summed E-state index contributed by atoms with van der Waals surface area (Å²) < 4.78 is 0. The van der Waals surface area contributed by atoms with Gasteiger partial charge < -0.3 is 16.4 Å². The largest absolute Gasteiger partial charge is 0.399 e. The van der Waals surface area contributed by atoms with Crippen LogP contribution in [0.1, 0.15) is 64.0 Å². The minimum absolute atomic E-state index is 0.388. The maximum absolute atomic E-state index is 6.13. The molecule has 0 saturated carbocycles. The van der Waals surface area contributed by atoms with Crippen molar-refractivity contribution in [2.24, 2.45) is 0 Å². The lowest BCUT2D eigenvalue weighted by Gasteiger charge is -2.40. The average Bonchev–Trinajstić information content (AvgIpc) is 2.61. The predicted molar refractivity (Wildman–Crippen MR) is 110 cm³/mol. The second-order valence-electron chi connectivity index (χ2n) is 7.13. The molecular weight excluding hydrogens is 306 g/mol. The normalized spacial score (nSPS) is 15.8. The van der Waals surface area contributed by atoms with Gasteiger partial charge in [0.15, 0.2) is 0 Å². The van der Waals surface area contributed by atoms with E-state index in [4.69, 9.17) is 11.5 Å². The first kappa shape index (κ1) is 17.7. The van der Waals surface area contributed by atoms with Gasteiger partial charge in [-0.1, -0.05) is 51.2 Å². The molecule has 134 valence electrons. The van der Waals surface area contributed by atoms with Crippen molar-refractivity contribution in [1.29, 1.82) is 0 Å². The molecule has 0 fully saturated rings. The van der Waals surface area contributed by atoms with E-state index >= 15 is 0 Å². The number of fused-ring (bicyclic) bond motifs is 3. The quantitative estimate of drug-likeness (QED) is 0.499. The number of nitrogen functional groups attached to an aromatic ring is 2. The minimum Gasteiger partial charge on any atom is -0.399 e. The van der Waals surface area contributed by atoms with Crippen LogP contribution in [0, 0.1) is 0 Å². The molecular formula is C22H31N3. The van der Waals surface area contributed by atoms with Crippen molar-refractivity contribution in [1.82, 2.24) is 0 Å². The van der Waals surface area contributed by atoms with Gasteiger partial charge in [-0.3, -0.25) is 0 Å². The van der Waals surface area contributed by atoms with Crippen molar-refractivity contribution < 1.29 is 0 Å². The Morgan fingerprint density at radius 1 is 0.840 bits per heavy atom. The first-order chi connectivity index (χ1) is 12.2. The zero-order valence-corrected chi connectivity index (χ0v) is 15.6. The molecule has 1 unspecified atom stereocenters. The van der Waals surface area contributed by atoms with Crippen molar-refractivity contribution in [3.8, 4) is 11.1 Å². The van der Waals surface area contributed by atoms with E-state index in [0.29, 0.717) is 6.04 Å². The lowest BCUT2D eigenvalue weighted by molar-refractivity contribution is 0.524. The van der Waals surface area contributed by atoms with Gasteiger partial charge in [0.2, 0.25) is 0 Å². The predicted octanol–water partition coefficient (Wildman–Crippen LogP) is 5.76. The van der Waals surface area contributed by atoms with Gasteiger partial charge >= 0.3 is 0 Å². The molecule has 4 N–H and O–H groups in total. The van der Waals surface area contributed by atoms with Crippen LogP contribution in [-0.2, 0) is 0 Å². The number of nitrogens with zero attached hydrogens (tertiary/aromatic N) is 1. The van der Waals surface area contributed by atoms with Crippen molar-refractivity contribution in [2.75, 3.05) is 22.9 Å². The molecule has 0 saturated heterocycles. The lowest BCUT2D eigenvalue weighted by atomic mass is 9.85. The first-order valence-corrected chi connectivity index (χ1v) is 9.71. The lowest BCUT2D eigenvalue weighted by Crippen LogP contribution is -2.32. The van der Waals surface area contributed by atoms with Crippen LogP contribution in [0.2, 0.25) is 0 Å². The molecule has 1 aliphatic heterocycles. The van der Waals surface area contributed by atoms with Gasteiger partial charge in [-0.05, 0) is 48.7 Å². The molecule has 2 aromatic carbocycles. The molecule has 25 heavy (non-hydrogen) atoms. The first-order valence-electron chi connectivity index (χ1n) is 9.71. The van der Waals surface area contributed by atoms with E-state index in [2.05, 4.69) is 43.0 Å². The van der Waals surface area contributed by atoms with Gasteiger partial charge in [-0.25, -0.2) is 0 Å². The van der Waals surface area contributed by atoms with Crippen molar-refractivity contribution >= 4 is 17.1 Å². The Morgan fingerprint density at radius 3 is 2.24 bits per heavy atom. The third-order valence-corrected chi connectivity index (χ3v) is 5.35. The van der Waals surface area contributed by atoms with Crippen LogP contribution < -0.4 is 16.4 Å². The molecule has 1 heterocycles. The highest BCUT2D eigenvalue weighted by molar-refractivity contribution is 5.87. The zero-order valence-electron chi connectivity index (χ0n) is 15.6. The van der Waals surface area contributed by atoms with E-state index < -0.39 is 0 Å².